The molecule has 21 heavy (non-hydrogen) atoms. The normalized spacial score (nSPS) is 12.7. The van der Waals surface area contributed by atoms with E-state index in [1.165, 1.54) is 12.1 Å². The van der Waals surface area contributed by atoms with Crippen molar-refractivity contribution in [3.05, 3.63) is 35.1 Å². The van der Waals surface area contributed by atoms with Crippen LogP contribution in [-0.4, -0.2) is 29.3 Å². The predicted octanol–water partition coefficient (Wildman–Crippen LogP) is 1.81. The number of rotatable bonds is 8. The molecule has 0 saturated heterocycles. The molecule has 0 saturated carbocycles. The van der Waals surface area contributed by atoms with Crippen LogP contribution in [0.2, 0.25) is 0 Å². The number of aliphatic hydroxyl groups is 1. The second-order valence-electron chi connectivity index (χ2n) is 5.30. The molecule has 0 aromatic heterocycles. The van der Waals surface area contributed by atoms with Gasteiger partial charge in [-0.05, 0) is 36.6 Å². The van der Waals surface area contributed by atoms with E-state index in [-0.39, 0.29) is 17.9 Å². The molecule has 0 aliphatic carbocycles. The van der Waals surface area contributed by atoms with Gasteiger partial charge in [-0.2, -0.15) is 0 Å². The van der Waals surface area contributed by atoms with Crippen LogP contribution >= 0.6 is 0 Å². The highest BCUT2D eigenvalue weighted by molar-refractivity contribution is 5.97. The van der Waals surface area contributed by atoms with Gasteiger partial charge in [0.25, 0.3) is 0 Å². The van der Waals surface area contributed by atoms with Crippen molar-refractivity contribution in [1.29, 1.82) is 0 Å². The van der Waals surface area contributed by atoms with E-state index in [0.29, 0.717) is 24.2 Å². The summed E-state index contributed by atoms with van der Waals surface area (Å²) in [5, 5.41) is 24.3. The van der Waals surface area contributed by atoms with Crippen LogP contribution in [0.4, 0.5) is 4.39 Å². The standard InChI is InChI=1S/C15H24FN3O2/c1-3-15(4-2,10-20)9-18-8-11-5-12(14(17)19-21)7-13(16)6-11/h5-7,18,20-21H,3-4,8-10H2,1-2H3,(H2,17,19). The Labute approximate surface area is 124 Å². The minimum Gasteiger partial charge on any atom is -0.409 e. The van der Waals surface area contributed by atoms with Crippen molar-refractivity contribution in [2.24, 2.45) is 16.3 Å². The fourth-order valence-electron chi connectivity index (χ4n) is 2.21. The first-order valence-corrected chi connectivity index (χ1v) is 7.09. The number of nitrogens with one attached hydrogen (secondary N) is 1. The maximum Gasteiger partial charge on any atom is 0.170 e. The van der Waals surface area contributed by atoms with Crippen LogP contribution in [0.25, 0.3) is 0 Å². The second kappa shape index (κ2) is 7.95. The lowest BCUT2D eigenvalue weighted by Gasteiger charge is -2.29. The quantitative estimate of drug-likeness (QED) is 0.255. The van der Waals surface area contributed by atoms with Gasteiger partial charge in [0.1, 0.15) is 5.82 Å². The SMILES string of the molecule is CCC(CC)(CO)CNCc1cc(F)cc(/C(N)=N/O)c1. The fraction of sp³-hybridized carbons (Fsp3) is 0.533. The van der Waals surface area contributed by atoms with Crippen LogP contribution in [0.5, 0.6) is 0 Å². The highest BCUT2D eigenvalue weighted by Crippen LogP contribution is 2.24. The molecule has 0 bridgehead atoms. The Morgan fingerprint density at radius 3 is 2.52 bits per heavy atom. The number of halogens is 1. The molecule has 0 aliphatic rings. The minimum atomic E-state index is -0.435. The lowest BCUT2D eigenvalue weighted by Crippen LogP contribution is -2.36. The maximum absolute atomic E-state index is 13.5. The van der Waals surface area contributed by atoms with Crippen molar-refractivity contribution in [1.82, 2.24) is 5.32 Å². The monoisotopic (exact) mass is 297 g/mol. The first kappa shape index (κ1) is 17.4. The third-order valence-electron chi connectivity index (χ3n) is 4.03. The van der Waals surface area contributed by atoms with E-state index in [4.69, 9.17) is 10.9 Å². The lowest BCUT2D eigenvalue weighted by molar-refractivity contribution is 0.113. The largest absolute Gasteiger partial charge is 0.409 e. The number of hydrogen-bond acceptors (Lipinski definition) is 4. The number of hydrogen-bond donors (Lipinski definition) is 4. The molecule has 0 spiro atoms. The molecule has 0 aliphatic heterocycles. The van der Waals surface area contributed by atoms with Crippen LogP contribution < -0.4 is 11.1 Å². The maximum atomic E-state index is 13.5. The van der Waals surface area contributed by atoms with Gasteiger partial charge in [-0.1, -0.05) is 19.0 Å². The first-order valence-electron chi connectivity index (χ1n) is 7.09. The Balaban J connectivity index is 2.74. The van der Waals surface area contributed by atoms with Gasteiger partial charge in [-0.25, -0.2) is 4.39 Å². The smallest absolute Gasteiger partial charge is 0.170 e. The van der Waals surface area contributed by atoms with Crippen LogP contribution in [0.1, 0.15) is 37.8 Å². The third kappa shape index (κ3) is 4.68. The van der Waals surface area contributed by atoms with Gasteiger partial charge in [0, 0.05) is 30.7 Å². The average Bonchev–Trinajstić information content (AvgIpc) is 2.50. The van der Waals surface area contributed by atoms with Gasteiger partial charge in [-0.3, -0.25) is 0 Å². The molecular weight excluding hydrogens is 273 g/mol. The summed E-state index contributed by atoms with van der Waals surface area (Å²) in [4.78, 5) is 0. The number of benzene rings is 1. The van der Waals surface area contributed by atoms with E-state index >= 15 is 0 Å². The Hall–Kier alpha value is -1.66. The predicted molar refractivity (Wildman–Crippen MR) is 80.7 cm³/mol. The van der Waals surface area contributed by atoms with Gasteiger partial charge in [0.05, 0.1) is 0 Å². The van der Waals surface area contributed by atoms with Crippen LogP contribution in [0.3, 0.4) is 0 Å². The second-order valence-corrected chi connectivity index (χ2v) is 5.30. The van der Waals surface area contributed by atoms with Crippen molar-refractivity contribution in [3.63, 3.8) is 0 Å². The molecule has 5 N–H and O–H groups in total. The molecule has 1 aromatic rings. The molecule has 0 atom stereocenters. The zero-order chi connectivity index (χ0) is 15.9. The molecule has 1 aromatic carbocycles. The van der Waals surface area contributed by atoms with Crippen molar-refractivity contribution < 1.29 is 14.7 Å². The number of aliphatic hydroxyl groups excluding tert-OH is 1. The summed E-state index contributed by atoms with van der Waals surface area (Å²) in [6, 6.07) is 4.29. The molecule has 6 heteroatoms. The highest BCUT2D eigenvalue weighted by Gasteiger charge is 2.24. The summed E-state index contributed by atoms with van der Waals surface area (Å²) in [6.07, 6.45) is 1.73. The summed E-state index contributed by atoms with van der Waals surface area (Å²) in [5.74, 6) is -0.558. The van der Waals surface area contributed by atoms with Gasteiger partial charge in [-0.15, -0.1) is 0 Å². The summed E-state index contributed by atoms with van der Waals surface area (Å²) in [7, 11) is 0. The summed E-state index contributed by atoms with van der Waals surface area (Å²) >= 11 is 0. The average molecular weight is 297 g/mol. The van der Waals surface area contributed by atoms with Crippen molar-refractivity contribution in [2.75, 3.05) is 13.2 Å². The zero-order valence-corrected chi connectivity index (χ0v) is 12.6. The van der Waals surface area contributed by atoms with Gasteiger partial charge >= 0.3 is 0 Å². The van der Waals surface area contributed by atoms with Crippen LogP contribution in [-0.2, 0) is 6.54 Å². The summed E-state index contributed by atoms with van der Waals surface area (Å²) in [6.45, 7) is 5.29. The van der Waals surface area contributed by atoms with Gasteiger partial charge < -0.3 is 21.4 Å². The molecule has 0 fully saturated rings. The number of amidine groups is 1. The number of nitrogens with two attached hydrogens (primary N) is 1. The van der Waals surface area contributed by atoms with Gasteiger partial charge in [0.2, 0.25) is 0 Å². The van der Waals surface area contributed by atoms with E-state index in [2.05, 4.69) is 10.5 Å². The number of nitrogens with zero attached hydrogens (tertiary/aromatic N) is 1. The van der Waals surface area contributed by atoms with Crippen molar-refractivity contribution >= 4 is 5.84 Å². The topological polar surface area (TPSA) is 90.9 Å². The Morgan fingerprint density at radius 2 is 2.00 bits per heavy atom. The van der Waals surface area contributed by atoms with Crippen LogP contribution in [0.15, 0.2) is 23.4 Å². The van der Waals surface area contributed by atoms with E-state index in [1.54, 1.807) is 6.07 Å². The Bertz CT molecular complexity index is 480. The van der Waals surface area contributed by atoms with Crippen LogP contribution in [0, 0.1) is 11.2 Å². The van der Waals surface area contributed by atoms with Crippen molar-refractivity contribution in [2.45, 2.75) is 33.2 Å². The van der Waals surface area contributed by atoms with Crippen molar-refractivity contribution in [3.8, 4) is 0 Å². The molecular formula is C15H24FN3O2. The van der Waals surface area contributed by atoms with E-state index in [1.807, 2.05) is 13.8 Å². The van der Waals surface area contributed by atoms with Gasteiger partial charge in [0.15, 0.2) is 5.84 Å². The van der Waals surface area contributed by atoms with E-state index < -0.39 is 5.82 Å². The highest BCUT2D eigenvalue weighted by atomic mass is 19.1. The Kier molecular flexibility index (Phi) is 6.58. The summed E-state index contributed by atoms with van der Waals surface area (Å²) < 4.78 is 13.5. The van der Waals surface area contributed by atoms with E-state index in [0.717, 1.165) is 12.8 Å². The molecule has 0 unspecified atom stereocenters. The zero-order valence-electron chi connectivity index (χ0n) is 12.6. The molecule has 5 nitrogen and oxygen atoms in total. The minimum absolute atomic E-state index is 0.117. The molecule has 1 rings (SSSR count). The molecule has 0 radical (unpaired) electrons. The molecule has 0 amide bonds. The lowest BCUT2D eigenvalue weighted by atomic mass is 9.83. The molecule has 0 heterocycles. The van der Waals surface area contributed by atoms with E-state index in [9.17, 15) is 9.50 Å². The fourth-order valence-corrected chi connectivity index (χ4v) is 2.21. The summed E-state index contributed by atoms with van der Waals surface area (Å²) in [5.41, 5.74) is 6.37. The first-order chi connectivity index (χ1) is 10.00. The Morgan fingerprint density at radius 1 is 1.33 bits per heavy atom. The third-order valence-corrected chi connectivity index (χ3v) is 4.03. The molecule has 118 valence electrons. The number of oxime groups is 1.